The van der Waals surface area contributed by atoms with Crippen LogP contribution in [-0.4, -0.2) is 38.1 Å². The largest absolute Gasteiger partial charge is 0.358 e. The second-order valence-electron chi connectivity index (χ2n) is 5.67. The van der Waals surface area contributed by atoms with Crippen LogP contribution in [0, 0.1) is 0 Å². The summed E-state index contributed by atoms with van der Waals surface area (Å²) in [5, 5.41) is 3.43. The minimum Gasteiger partial charge on any atom is -0.358 e. The molecular weight excluding hydrogens is 207 g/mol. The summed E-state index contributed by atoms with van der Waals surface area (Å²) in [7, 11) is 2.10. The highest BCUT2D eigenvalue weighted by atomic mass is 15.2. The van der Waals surface area contributed by atoms with Crippen LogP contribution < -0.4 is 5.23 Å². The highest BCUT2D eigenvalue weighted by molar-refractivity contribution is 6.04. The van der Waals surface area contributed by atoms with Gasteiger partial charge in [-0.2, -0.15) is 0 Å². The number of unbranched alkanes of at least 4 members (excludes halogenated alkanes) is 4. The summed E-state index contributed by atoms with van der Waals surface area (Å²) in [5.74, 6) is 0. The van der Waals surface area contributed by atoms with E-state index in [9.17, 15) is 0 Å². The van der Waals surface area contributed by atoms with Crippen molar-refractivity contribution in [2.45, 2.75) is 77.3 Å². The van der Waals surface area contributed by atoms with Gasteiger partial charge in [0.15, 0.2) is 7.98 Å². The van der Waals surface area contributed by atoms with Crippen LogP contribution in [0.15, 0.2) is 0 Å². The molecule has 0 aromatic heterocycles. The van der Waals surface area contributed by atoms with E-state index in [2.05, 4.69) is 32.0 Å². The van der Waals surface area contributed by atoms with Gasteiger partial charge in [0.1, 0.15) is 0 Å². The first-order valence-electron chi connectivity index (χ1n) is 7.69. The zero-order valence-corrected chi connectivity index (χ0v) is 12.2. The maximum Gasteiger partial charge on any atom is 0.182 e. The predicted octanol–water partition coefficient (Wildman–Crippen LogP) is 2.34. The molecule has 1 aliphatic heterocycles. The van der Waals surface area contributed by atoms with Crippen molar-refractivity contribution in [3.63, 3.8) is 0 Å². The molecule has 0 aromatic carbocycles. The van der Waals surface area contributed by atoms with Crippen LogP contribution in [0.3, 0.4) is 0 Å². The Bertz CT molecular complexity index is 187. The van der Waals surface area contributed by atoms with Gasteiger partial charge in [-0.3, -0.25) is 4.90 Å². The molecule has 2 atom stereocenters. The molecule has 1 unspecified atom stereocenters. The summed E-state index contributed by atoms with van der Waals surface area (Å²) in [5.41, 5.74) is 0. The number of piperidine rings is 1. The van der Waals surface area contributed by atoms with Crippen molar-refractivity contribution in [3.8, 4) is 0 Å². The number of hydrogen-bond donors (Lipinski definition) is 1. The third-order valence-corrected chi connectivity index (χ3v) is 4.21. The Labute approximate surface area is 109 Å². The molecule has 1 fully saturated rings. The fourth-order valence-corrected chi connectivity index (χ4v) is 2.87. The minimum atomic E-state index is 0.728. The molecule has 0 spiro atoms. The van der Waals surface area contributed by atoms with Gasteiger partial charge in [0.25, 0.3) is 0 Å². The monoisotopic (exact) mass is 238 g/mol. The number of likely N-dealkylation sites (tertiary alicyclic amines) is 1. The molecule has 0 saturated carbocycles. The summed E-state index contributed by atoms with van der Waals surface area (Å²) in [4.78, 5) is 2.69. The summed E-state index contributed by atoms with van der Waals surface area (Å²) < 4.78 is 0. The normalized spacial score (nSPS) is 23.8. The molecule has 1 aliphatic rings. The minimum absolute atomic E-state index is 0.728. The second-order valence-corrected chi connectivity index (χ2v) is 5.67. The van der Waals surface area contributed by atoms with E-state index in [0.717, 1.165) is 12.1 Å². The van der Waals surface area contributed by atoms with Gasteiger partial charge in [0.05, 0.1) is 0 Å². The van der Waals surface area contributed by atoms with Crippen molar-refractivity contribution in [1.29, 1.82) is 0 Å². The van der Waals surface area contributed by atoms with Gasteiger partial charge in [-0.15, -0.1) is 0 Å². The van der Waals surface area contributed by atoms with E-state index in [1.807, 2.05) is 0 Å². The standard InChI is InChI=1S/C14H31BN2/c1-3-4-5-6-7-9-13(2)17-11-8-10-14(12-17)16-15/h13-14,16H,3-12,15H2,1-2H3/t13?,14-/m0/s1. The van der Waals surface area contributed by atoms with Gasteiger partial charge < -0.3 is 5.23 Å². The van der Waals surface area contributed by atoms with Crippen LogP contribution in [0.4, 0.5) is 0 Å². The lowest BCUT2D eigenvalue weighted by molar-refractivity contribution is 0.145. The molecule has 0 aliphatic carbocycles. The fourth-order valence-electron chi connectivity index (χ4n) is 2.87. The third-order valence-electron chi connectivity index (χ3n) is 4.21. The van der Waals surface area contributed by atoms with E-state index < -0.39 is 0 Å². The molecule has 0 aromatic rings. The Hall–Kier alpha value is -0.0151. The molecule has 1 heterocycles. The van der Waals surface area contributed by atoms with Crippen LogP contribution in [-0.2, 0) is 0 Å². The lowest BCUT2D eigenvalue weighted by Gasteiger charge is -2.37. The van der Waals surface area contributed by atoms with Gasteiger partial charge in [0, 0.05) is 18.6 Å². The molecular formula is C14H31BN2. The van der Waals surface area contributed by atoms with Crippen molar-refractivity contribution < 1.29 is 0 Å². The van der Waals surface area contributed by atoms with Gasteiger partial charge in [-0.1, -0.05) is 39.0 Å². The Morgan fingerprint density at radius 1 is 1.29 bits per heavy atom. The number of rotatable bonds is 8. The SMILES string of the molecule is BN[C@H]1CCCN(C(C)CCCCCCC)C1. The maximum atomic E-state index is 3.43. The first-order valence-corrected chi connectivity index (χ1v) is 7.69. The van der Waals surface area contributed by atoms with E-state index in [4.69, 9.17) is 0 Å². The van der Waals surface area contributed by atoms with Crippen LogP contribution in [0.25, 0.3) is 0 Å². The number of nitrogens with zero attached hydrogens (tertiary/aromatic N) is 1. The first-order chi connectivity index (χ1) is 8.27. The smallest absolute Gasteiger partial charge is 0.182 e. The van der Waals surface area contributed by atoms with Crippen molar-refractivity contribution in [3.05, 3.63) is 0 Å². The van der Waals surface area contributed by atoms with E-state index in [1.165, 1.54) is 64.5 Å². The molecule has 100 valence electrons. The quantitative estimate of drug-likeness (QED) is 0.515. The third kappa shape index (κ3) is 5.92. The molecule has 0 amide bonds. The van der Waals surface area contributed by atoms with Gasteiger partial charge >= 0.3 is 0 Å². The molecule has 0 bridgehead atoms. The summed E-state index contributed by atoms with van der Waals surface area (Å²) in [6.45, 7) is 7.27. The van der Waals surface area contributed by atoms with Crippen molar-refractivity contribution in [2.75, 3.05) is 13.1 Å². The van der Waals surface area contributed by atoms with Crippen molar-refractivity contribution in [1.82, 2.24) is 10.1 Å². The highest BCUT2D eigenvalue weighted by Gasteiger charge is 2.21. The fraction of sp³-hybridized carbons (Fsp3) is 1.00. The molecule has 1 saturated heterocycles. The lowest BCUT2D eigenvalue weighted by Crippen LogP contribution is -2.48. The Kier molecular flexibility index (Phi) is 7.95. The molecule has 0 radical (unpaired) electrons. The average molecular weight is 238 g/mol. The number of hydrogen-bond acceptors (Lipinski definition) is 2. The zero-order chi connectivity index (χ0) is 12.5. The second kappa shape index (κ2) is 8.99. The molecule has 1 rings (SSSR count). The van der Waals surface area contributed by atoms with Crippen molar-refractivity contribution >= 4 is 7.98 Å². The predicted molar refractivity (Wildman–Crippen MR) is 79.1 cm³/mol. The van der Waals surface area contributed by atoms with E-state index in [0.29, 0.717) is 0 Å². The summed E-state index contributed by atoms with van der Waals surface area (Å²) in [6.07, 6.45) is 11.2. The number of nitrogens with one attached hydrogen (secondary N) is 1. The van der Waals surface area contributed by atoms with E-state index >= 15 is 0 Å². The van der Waals surface area contributed by atoms with Crippen LogP contribution >= 0.6 is 0 Å². The van der Waals surface area contributed by atoms with Crippen molar-refractivity contribution in [2.24, 2.45) is 0 Å². The van der Waals surface area contributed by atoms with Gasteiger partial charge in [0.2, 0.25) is 0 Å². The average Bonchev–Trinajstić information content (AvgIpc) is 2.38. The maximum absolute atomic E-state index is 3.43. The Balaban J connectivity index is 2.11. The first kappa shape index (κ1) is 15.0. The topological polar surface area (TPSA) is 15.3 Å². The van der Waals surface area contributed by atoms with E-state index in [-0.39, 0.29) is 0 Å². The molecule has 2 nitrogen and oxygen atoms in total. The van der Waals surface area contributed by atoms with E-state index in [1.54, 1.807) is 0 Å². The Morgan fingerprint density at radius 3 is 2.76 bits per heavy atom. The van der Waals surface area contributed by atoms with Gasteiger partial charge in [-0.25, -0.2) is 0 Å². The zero-order valence-electron chi connectivity index (χ0n) is 12.2. The molecule has 17 heavy (non-hydrogen) atoms. The summed E-state index contributed by atoms with van der Waals surface area (Å²) in [6, 6.07) is 1.51. The van der Waals surface area contributed by atoms with Gasteiger partial charge in [-0.05, 0) is 32.7 Å². The molecule has 1 N–H and O–H groups in total. The van der Waals surface area contributed by atoms with Crippen LogP contribution in [0.5, 0.6) is 0 Å². The molecule has 3 heteroatoms. The highest BCUT2D eigenvalue weighted by Crippen LogP contribution is 2.17. The summed E-state index contributed by atoms with van der Waals surface area (Å²) >= 11 is 0. The Morgan fingerprint density at radius 2 is 2.06 bits per heavy atom. The van der Waals surface area contributed by atoms with Crippen LogP contribution in [0.2, 0.25) is 0 Å². The van der Waals surface area contributed by atoms with Crippen LogP contribution in [0.1, 0.15) is 65.2 Å². The lowest BCUT2D eigenvalue weighted by atomic mass is 10.00.